The van der Waals surface area contributed by atoms with E-state index in [2.05, 4.69) is 21.2 Å². The summed E-state index contributed by atoms with van der Waals surface area (Å²) in [6, 6.07) is 4.96. The molecule has 2 rings (SSSR count). The van der Waals surface area contributed by atoms with Gasteiger partial charge in [0.25, 0.3) is 0 Å². The zero-order valence-corrected chi connectivity index (χ0v) is 12.1. The normalized spacial score (nSPS) is 10.7. The summed E-state index contributed by atoms with van der Waals surface area (Å²) in [5.41, 5.74) is -0.220. The Hall–Kier alpha value is -1.27. The van der Waals surface area contributed by atoms with Crippen molar-refractivity contribution in [2.75, 3.05) is 5.32 Å². The van der Waals surface area contributed by atoms with Crippen LogP contribution in [-0.2, 0) is 6.54 Å². The van der Waals surface area contributed by atoms with E-state index in [0.717, 1.165) is 0 Å². The second kappa shape index (κ2) is 6.01. The molecule has 0 unspecified atom stereocenters. The van der Waals surface area contributed by atoms with E-state index in [0.29, 0.717) is 15.1 Å². The van der Waals surface area contributed by atoms with Crippen LogP contribution in [0.5, 0.6) is 0 Å². The standard InChI is InChI=1S/C13H7BrClF4N/c14-8-3-7(15)2-1-6(8)5-20-13-11(18)9(16)4-10(17)12(13)19/h1-4,20H,5H2. The lowest BCUT2D eigenvalue weighted by atomic mass is 10.2. The number of nitrogens with one attached hydrogen (secondary N) is 1. The monoisotopic (exact) mass is 367 g/mol. The van der Waals surface area contributed by atoms with Crippen molar-refractivity contribution in [1.29, 1.82) is 0 Å². The largest absolute Gasteiger partial charge is 0.376 e. The quantitative estimate of drug-likeness (QED) is 0.575. The average molecular weight is 369 g/mol. The van der Waals surface area contributed by atoms with Crippen molar-refractivity contribution in [3.05, 3.63) is 62.6 Å². The van der Waals surface area contributed by atoms with Gasteiger partial charge in [0.2, 0.25) is 0 Å². The summed E-state index contributed by atoms with van der Waals surface area (Å²) in [5.74, 6) is -5.84. The van der Waals surface area contributed by atoms with Crippen molar-refractivity contribution in [2.24, 2.45) is 0 Å². The van der Waals surface area contributed by atoms with Crippen molar-refractivity contribution in [3.8, 4) is 0 Å². The van der Waals surface area contributed by atoms with Crippen LogP contribution in [0.25, 0.3) is 0 Å². The van der Waals surface area contributed by atoms with Crippen LogP contribution in [-0.4, -0.2) is 0 Å². The highest BCUT2D eigenvalue weighted by molar-refractivity contribution is 9.10. The molecule has 0 aromatic heterocycles. The first-order valence-electron chi connectivity index (χ1n) is 5.41. The van der Waals surface area contributed by atoms with Crippen LogP contribution in [0.4, 0.5) is 23.2 Å². The fourth-order valence-corrected chi connectivity index (χ4v) is 2.40. The Labute approximate surface area is 125 Å². The molecule has 106 valence electrons. The molecule has 0 amide bonds. The molecule has 0 bridgehead atoms. The second-order valence-corrected chi connectivity index (χ2v) is 5.22. The number of rotatable bonds is 3. The molecule has 0 fully saturated rings. The Morgan fingerprint density at radius 3 is 2.15 bits per heavy atom. The van der Waals surface area contributed by atoms with Gasteiger partial charge in [-0.05, 0) is 17.7 Å². The van der Waals surface area contributed by atoms with Crippen LogP contribution in [0.2, 0.25) is 5.02 Å². The van der Waals surface area contributed by atoms with Crippen LogP contribution in [0.15, 0.2) is 28.7 Å². The first-order valence-corrected chi connectivity index (χ1v) is 6.58. The fraction of sp³-hybridized carbons (Fsp3) is 0.0769. The molecule has 0 atom stereocenters. The van der Waals surface area contributed by atoms with E-state index >= 15 is 0 Å². The van der Waals surface area contributed by atoms with Crippen LogP contribution in [0.3, 0.4) is 0 Å². The number of halogens is 6. The minimum Gasteiger partial charge on any atom is -0.376 e. The topological polar surface area (TPSA) is 12.0 Å². The molecule has 7 heteroatoms. The van der Waals surface area contributed by atoms with Gasteiger partial charge < -0.3 is 5.32 Å². The summed E-state index contributed by atoms with van der Waals surface area (Å²) < 4.78 is 53.5. The van der Waals surface area contributed by atoms with Gasteiger partial charge in [0.1, 0.15) is 5.69 Å². The van der Waals surface area contributed by atoms with Gasteiger partial charge in [0.15, 0.2) is 23.3 Å². The zero-order valence-electron chi connectivity index (χ0n) is 9.78. The molecule has 0 saturated carbocycles. The third-order valence-electron chi connectivity index (χ3n) is 2.58. The van der Waals surface area contributed by atoms with Gasteiger partial charge >= 0.3 is 0 Å². The molecule has 0 spiro atoms. The fourth-order valence-electron chi connectivity index (χ4n) is 1.58. The lowest BCUT2D eigenvalue weighted by Crippen LogP contribution is -2.07. The van der Waals surface area contributed by atoms with E-state index in [4.69, 9.17) is 11.6 Å². The third kappa shape index (κ3) is 3.07. The van der Waals surface area contributed by atoms with Gasteiger partial charge in [0, 0.05) is 22.1 Å². The third-order valence-corrected chi connectivity index (χ3v) is 3.56. The Bertz CT molecular complexity index is 637. The summed E-state index contributed by atoms with van der Waals surface area (Å²) in [7, 11) is 0. The molecule has 20 heavy (non-hydrogen) atoms. The predicted octanol–water partition coefficient (Wildman–Crippen LogP) is 5.27. The molecule has 0 radical (unpaired) electrons. The first-order chi connectivity index (χ1) is 9.40. The first kappa shape index (κ1) is 15.1. The van der Waals surface area contributed by atoms with Gasteiger partial charge in [-0.1, -0.05) is 33.6 Å². The van der Waals surface area contributed by atoms with Gasteiger partial charge in [-0.25, -0.2) is 17.6 Å². The lowest BCUT2D eigenvalue weighted by molar-refractivity contribution is 0.458. The Morgan fingerprint density at radius 2 is 1.60 bits per heavy atom. The Kier molecular flexibility index (Phi) is 4.55. The number of benzene rings is 2. The molecule has 0 aliphatic rings. The highest BCUT2D eigenvalue weighted by Gasteiger charge is 2.18. The van der Waals surface area contributed by atoms with Crippen molar-refractivity contribution in [1.82, 2.24) is 0 Å². The smallest absolute Gasteiger partial charge is 0.185 e. The van der Waals surface area contributed by atoms with Crippen LogP contribution in [0.1, 0.15) is 5.56 Å². The van der Waals surface area contributed by atoms with E-state index in [1.807, 2.05) is 0 Å². The van der Waals surface area contributed by atoms with E-state index in [-0.39, 0.29) is 12.6 Å². The summed E-state index contributed by atoms with van der Waals surface area (Å²) in [6.45, 7) is -0.0332. The molecule has 0 saturated heterocycles. The molecule has 2 aromatic rings. The van der Waals surface area contributed by atoms with Crippen molar-refractivity contribution in [2.45, 2.75) is 6.54 Å². The maximum Gasteiger partial charge on any atom is 0.185 e. The molecule has 0 heterocycles. The molecule has 1 nitrogen and oxygen atoms in total. The summed E-state index contributed by atoms with van der Waals surface area (Å²) in [4.78, 5) is 0. The number of hydrogen-bond acceptors (Lipinski definition) is 1. The molecular weight excluding hydrogens is 361 g/mol. The SMILES string of the molecule is Fc1cc(F)c(F)c(NCc2ccc(Cl)cc2Br)c1F. The van der Waals surface area contributed by atoms with Crippen molar-refractivity contribution in [3.63, 3.8) is 0 Å². The highest BCUT2D eigenvalue weighted by Crippen LogP contribution is 2.26. The summed E-state index contributed by atoms with van der Waals surface area (Å²) in [5, 5.41) is 2.82. The maximum absolute atomic E-state index is 13.4. The van der Waals surface area contributed by atoms with Crippen LogP contribution >= 0.6 is 27.5 Å². The van der Waals surface area contributed by atoms with Crippen LogP contribution < -0.4 is 5.32 Å². The zero-order chi connectivity index (χ0) is 14.9. The van der Waals surface area contributed by atoms with E-state index in [1.54, 1.807) is 18.2 Å². The minimum absolute atomic E-state index is 0.0332. The summed E-state index contributed by atoms with van der Waals surface area (Å²) in [6.07, 6.45) is 0. The number of hydrogen-bond donors (Lipinski definition) is 1. The molecule has 0 aliphatic heterocycles. The van der Waals surface area contributed by atoms with Crippen molar-refractivity contribution < 1.29 is 17.6 Å². The predicted molar refractivity (Wildman–Crippen MR) is 72.8 cm³/mol. The lowest BCUT2D eigenvalue weighted by Gasteiger charge is -2.11. The maximum atomic E-state index is 13.4. The van der Waals surface area contributed by atoms with E-state index < -0.39 is 29.0 Å². The van der Waals surface area contributed by atoms with Crippen LogP contribution in [0, 0.1) is 23.3 Å². The van der Waals surface area contributed by atoms with E-state index in [9.17, 15) is 17.6 Å². The Balaban J connectivity index is 2.27. The van der Waals surface area contributed by atoms with Gasteiger partial charge in [-0.2, -0.15) is 0 Å². The van der Waals surface area contributed by atoms with Gasteiger partial charge in [-0.3, -0.25) is 0 Å². The molecule has 2 aromatic carbocycles. The average Bonchev–Trinajstić information content (AvgIpc) is 2.38. The molecular formula is C13H7BrClF4N. The molecule has 1 N–H and O–H groups in total. The van der Waals surface area contributed by atoms with Gasteiger partial charge in [0.05, 0.1) is 0 Å². The summed E-state index contributed by atoms with van der Waals surface area (Å²) >= 11 is 8.98. The highest BCUT2D eigenvalue weighted by atomic mass is 79.9. The number of anilines is 1. The minimum atomic E-state index is -1.46. The molecule has 0 aliphatic carbocycles. The van der Waals surface area contributed by atoms with Gasteiger partial charge in [-0.15, -0.1) is 0 Å². The van der Waals surface area contributed by atoms with Crippen molar-refractivity contribution >= 4 is 33.2 Å². The second-order valence-electron chi connectivity index (χ2n) is 3.93. The van der Waals surface area contributed by atoms with E-state index in [1.165, 1.54) is 0 Å². The Morgan fingerprint density at radius 1 is 1.00 bits per heavy atom.